The van der Waals surface area contributed by atoms with Crippen molar-refractivity contribution >= 4 is 0 Å². The molecule has 0 aromatic carbocycles. The van der Waals surface area contributed by atoms with Crippen LogP contribution in [0.2, 0.25) is 0 Å². The normalized spacial score (nSPS) is 34.7. The van der Waals surface area contributed by atoms with Gasteiger partial charge < -0.3 is 10.1 Å². The molecule has 2 rings (SSSR count). The second-order valence-corrected chi connectivity index (χ2v) is 4.84. The highest BCUT2D eigenvalue weighted by molar-refractivity contribution is 4.89. The highest BCUT2D eigenvalue weighted by Gasteiger charge is 2.35. The van der Waals surface area contributed by atoms with Crippen LogP contribution in [0.1, 0.15) is 39.0 Å². The van der Waals surface area contributed by atoms with Crippen LogP contribution in [0.5, 0.6) is 0 Å². The molecule has 82 valence electrons. The first kappa shape index (κ1) is 10.4. The van der Waals surface area contributed by atoms with E-state index in [1.807, 2.05) is 0 Å². The average Bonchev–Trinajstić information content (AvgIpc) is 2.90. The first-order valence-electron chi connectivity index (χ1n) is 6.14. The molecular weight excluding hydrogens is 174 g/mol. The summed E-state index contributed by atoms with van der Waals surface area (Å²) in [6, 6.07) is 0.704. The van der Waals surface area contributed by atoms with Crippen LogP contribution in [0.15, 0.2) is 0 Å². The minimum absolute atomic E-state index is 0.520. The van der Waals surface area contributed by atoms with Crippen LogP contribution in [-0.4, -0.2) is 25.8 Å². The summed E-state index contributed by atoms with van der Waals surface area (Å²) >= 11 is 0. The second-order valence-electron chi connectivity index (χ2n) is 4.84. The van der Waals surface area contributed by atoms with Crippen LogP contribution in [0.4, 0.5) is 0 Å². The second kappa shape index (κ2) is 4.63. The van der Waals surface area contributed by atoms with Crippen molar-refractivity contribution in [1.29, 1.82) is 0 Å². The monoisotopic (exact) mass is 197 g/mol. The summed E-state index contributed by atoms with van der Waals surface area (Å²) in [4.78, 5) is 0. The predicted molar refractivity (Wildman–Crippen MR) is 58.3 cm³/mol. The van der Waals surface area contributed by atoms with E-state index in [4.69, 9.17) is 4.74 Å². The Bertz CT molecular complexity index is 179. The summed E-state index contributed by atoms with van der Waals surface area (Å²) in [5, 5.41) is 3.50. The van der Waals surface area contributed by atoms with Gasteiger partial charge in [0.2, 0.25) is 0 Å². The third kappa shape index (κ3) is 2.29. The van der Waals surface area contributed by atoms with Gasteiger partial charge in [0.25, 0.3) is 0 Å². The van der Waals surface area contributed by atoms with Crippen LogP contribution >= 0.6 is 0 Å². The smallest absolute Gasteiger partial charge is 0.0616 e. The summed E-state index contributed by atoms with van der Waals surface area (Å²) < 4.78 is 5.76. The molecule has 0 bridgehead atoms. The van der Waals surface area contributed by atoms with Gasteiger partial charge in [0.1, 0.15) is 0 Å². The Morgan fingerprint density at radius 3 is 2.71 bits per heavy atom. The maximum absolute atomic E-state index is 5.76. The zero-order valence-electron chi connectivity index (χ0n) is 9.46. The van der Waals surface area contributed by atoms with E-state index in [1.165, 1.54) is 32.1 Å². The fourth-order valence-corrected chi connectivity index (χ4v) is 2.77. The fourth-order valence-electron chi connectivity index (χ4n) is 2.77. The molecular formula is C12H23NO. The summed E-state index contributed by atoms with van der Waals surface area (Å²) in [5.74, 6) is 1.79. The van der Waals surface area contributed by atoms with Gasteiger partial charge in [-0.2, -0.15) is 0 Å². The van der Waals surface area contributed by atoms with Gasteiger partial charge in [-0.05, 0) is 32.2 Å². The van der Waals surface area contributed by atoms with Gasteiger partial charge in [-0.15, -0.1) is 0 Å². The standard InChI is InChI=1S/C12H23NO/c1-3-12-10(6-7-14-12)11(13-2)8-9-4-5-9/h9-13H,3-8H2,1-2H3. The molecule has 2 aliphatic rings. The van der Waals surface area contributed by atoms with Crippen molar-refractivity contribution in [2.24, 2.45) is 11.8 Å². The van der Waals surface area contributed by atoms with Crippen LogP contribution in [-0.2, 0) is 4.74 Å². The zero-order chi connectivity index (χ0) is 9.97. The van der Waals surface area contributed by atoms with Crippen molar-refractivity contribution in [2.45, 2.75) is 51.2 Å². The van der Waals surface area contributed by atoms with Crippen LogP contribution < -0.4 is 5.32 Å². The van der Waals surface area contributed by atoms with Gasteiger partial charge in [-0.25, -0.2) is 0 Å². The van der Waals surface area contributed by atoms with E-state index in [9.17, 15) is 0 Å². The van der Waals surface area contributed by atoms with Crippen molar-refractivity contribution in [3.05, 3.63) is 0 Å². The predicted octanol–water partition coefficient (Wildman–Crippen LogP) is 2.19. The van der Waals surface area contributed by atoms with Gasteiger partial charge in [-0.1, -0.05) is 19.8 Å². The zero-order valence-corrected chi connectivity index (χ0v) is 9.46. The van der Waals surface area contributed by atoms with Crippen molar-refractivity contribution in [1.82, 2.24) is 5.32 Å². The van der Waals surface area contributed by atoms with Gasteiger partial charge in [0.15, 0.2) is 0 Å². The molecule has 1 aliphatic carbocycles. The van der Waals surface area contributed by atoms with E-state index in [0.717, 1.165) is 18.4 Å². The average molecular weight is 197 g/mol. The van der Waals surface area contributed by atoms with E-state index in [1.54, 1.807) is 0 Å². The minimum Gasteiger partial charge on any atom is -0.378 e. The number of hydrogen-bond donors (Lipinski definition) is 1. The molecule has 0 aromatic rings. The van der Waals surface area contributed by atoms with Crippen molar-refractivity contribution in [3.63, 3.8) is 0 Å². The van der Waals surface area contributed by atoms with Crippen molar-refractivity contribution in [2.75, 3.05) is 13.7 Å². The lowest BCUT2D eigenvalue weighted by Crippen LogP contribution is -2.38. The SMILES string of the molecule is CCC1OCCC1C(CC1CC1)NC. The molecule has 2 nitrogen and oxygen atoms in total. The Balaban J connectivity index is 1.87. The minimum atomic E-state index is 0.520. The molecule has 2 fully saturated rings. The summed E-state index contributed by atoms with van der Waals surface area (Å²) in [7, 11) is 2.11. The first-order valence-corrected chi connectivity index (χ1v) is 6.14. The molecule has 1 saturated carbocycles. The van der Waals surface area contributed by atoms with Gasteiger partial charge in [0, 0.05) is 18.6 Å². The highest BCUT2D eigenvalue weighted by atomic mass is 16.5. The molecule has 0 radical (unpaired) electrons. The number of hydrogen-bond acceptors (Lipinski definition) is 2. The van der Waals surface area contributed by atoms with Gasteiger partial charge in [0.05, 0.1) is 6.10 Å². The number of rotatable bonds is 5. The fraction of sp³-hybridized carbons (Fsp3) is 1.00. The summed E-state index contributed by atoms with van der Waals surface area (Å²) in [6.45, 7) is 3.22. The molecule has 2 heteroatoms. The van der Waals surface area contributed by atoms with E-state index in [-0.39, 0.29) is 0 Å². The largest absolute Gasteiger partial charge is 0.378 e. The lowest BCUT2D eigenvalue weighted by Gasteiger charge is -2.26. The molecule has 14 heavy (non-hydrogen) atoms. The maximum atomic E-state index is 5.76. The molecule has 0 amide bonds. The lowest BCUT2D eigenvalue weighted by molar-refractivity contribution is 0.0767. The topological polar surface area (TPSA) is 21.3 Å². The number of nitrogens with one attached hydrogen (secondary N) is 1. The van der Waals surface area contributed by atoms with Crippen LogP contribution in [0.3, 0.4) is 0 Å². The molecule has 0 spiro atoms. The number of ether oxygens (including phenoxy) is 1. The van der Waals surface area contributed by atoms with E-state index in [0.29, 0.717) is 12.1 Å². The molecule has 1 N–H and O–H groups in total. The molecule has 0 aromatic heterocycles. The van der Waals surface area contributed by atoms with Crippen molar-refractivity contribution in [3.8, 4) is 0 Å². The lowest BCUT2D eigenvalue weighted by atomic mass is 9.88. The van der Waals surface area contributed by atoms with E-state index in [2.05, 4.69) is 19.3 Å². The summed E-state index contributed by atoms with van der Waals surface area (Å²) in [6.07, 6.45) is 7.25. The van der Waals surface area contributed by atoms with Crippen LogP contribution in [0, 0.1) is 11.8 Å². The first-order chi connectivity index (χ1) is 6.85. The highest BCUT2D eigenvalue weighted by Crippen LogP contribution is 2.37. The third-order valence-corrected chi connectivity index (χ3v) is 3.83. The Morgan fingerprint density at radius 1 is 1.36 bits per heavy atom. The molecule has 3 unspecified atom stereocenters. The van der Waals surface area contributed by atoms with Crippen molar-refractivity contribution < 1.29 is 4.74 Å². The molecule has 1 saturated heterocycles. The van der Waals surface area contributed by atoms with Gasteiger partial charge in [-0.3, -0.25) is 0 Å². The van der Waals surface area contributed by atoms with Gasteiger partial charge >= 0.3 is 0 Å². The van der Waals surface area contributed by atoms with E-state index < -0.39 is 0 Å². The Kier molecular flexibility index (Phi) is 3.45. The Morgan fingerprint density at radius 2 is 2.14 bits per heavy atom. The van der Waals surface area contributed by atoms with Crippen LogP contribution in [0.25, 0.3) is 0 Å². The third-order valence-electron chi connectivity index (χ3n) is 3.83. The quantitative estimate of drug-likeness (QED) is 0.729. The molecule has 1 heterocycles. The van der Waals surface area contributed by atoms with E-state index >= 15 is 0 Å². The maximum Gasteiger partial charge on any atom is 0.0616 e. The molecule has 3 atom stereocenters. The Labute approximate surface area is 87.4 Å². The summed E-state index contributed by atoms with van der Waals surface area (Å²) in [5.41, 5.74) is 0. The Hall–Kier alpha value is -0.0800. The molecule has 1 aliphatic heterocycles.